The minimum absolute atomic E-state index is 0.00591. The van der Waals surface area contributed by atoms with Crippen LogP contribution in [0, 0.1) is 5.41 Å². The Labute approximate surface area is 214 Å². The largest absolute Gasteiger partial charge is 0.493 e. The molecule has 0 bridgehead atoms. The van der Waals surface area contributed by atoms with Crippen LogP contribution < -0.4 is 9.47 Å². The van der Waals surface area contributed by atoms with Gasteiger partial charge in [0.25, 0.3) is 5.91 Å². The van der Waals surface area contributed by atoms with E-state index in [-0.39, 0.29) is 17.4 Å². The standard InChI is InChI=1S/C31H36N2O3/c1-7-33(8-2)30(34)22-16-14-21(15-17-22)29-25-20-27(36-24-12-10-9-11-13-24)26(35-6)18-23(25)19-28(32-29)31(3,4)5/h9-18,20,28H,7-8,19H2,1-6H3. The molecule has 3 aromatic rings. The van der Waals surface area contributed by atoms with Gasteiger partial charge in [-0.3, -0.25) is 9.79 Å². The lowest BCUT2D eigenvalue weighted by molar-refractivity contribution is 0.0773. The smallest absolute Gasteiger partial charge is 0.253 e. The van der Waals surface area contributed by atoms with Crippen LogP contribution in [0.4, 0.5) is 0 Å². The minimum atomic E-state index is -0.00591. The van der Waals surface area contributed by atoms with E-state index < -0.39 is 0 Å². The van der Waals surface area contributed by atoms with Gasteiger partial charge in [0.1, 0.15) is 5.75 Å². The Kier molecular flexibility index (Phi) is 7.48. The number of para-hydroxylation sites is 1. The summed E-state index contributed by atoms with van der Waals surface area (Å²) in [6.45, 7) is 12.0. The van der Waals surface area contributed by atoms with Gasteiger partial charge in [0.05, 0.1) is 18.9 Å². The maximum absolute atomic E-state index is 12.8. The average molecular weight is 485 g/mol. The molecule has 0 aromatic heterocycles. The van der Waals surface area contributed by atoms with Crippen molar-refractivity contribution < 1.29 is 14.3 Å². The molecule has 0 fully saturated rings. The molecule has 1 aliphatic heterocycles. The number of methoxy groups -OCH3 is 1. The zero-order valence-corrected chi connectivity index (χ0v) is 22.2. The fraction of sp³-hybridized carbons (Fsp3) is 0.355. The van der Waals surface area contributed by atoms with Crippen molar-refractivity contribution in [2.45, 2.75) is 47.1 Å². The summed E-state index contributed by atoms with van der Waals surface area (Å²) in [5, 5.41) is 0. The molecular formula is C31H36N2O3. The molecule has 0 saturated heterocycles. The molecule has 3 aromatic carbocycles. The molecule has 5 nitrogen and oxygen atoms in total. The predicted octanol–water partition coefficient (Wildman–Crippen LogP) is 6.78. The second-order valence-electron chi connectivity index (χ2n) is 10.2. The van der Waals surface area contributed by atoms with Crippen molar-refractivity contribution in [2.75, 3.05) is 20.2 Å². The van der Waals surface area contributed by atoms with Crippen molar-refractivity contribution in [3.8, 4) is 17.2 Å². The molecule has 1 aliphatic rings. The number of ether oxygens (including phenoxy) is 2. The maximum Gasteiger partial charge on any atom is 0.253 e. The number of hydrogen-bond acceptors (Lipinski definition) is 4. The highest BCUT2D eigenvalue weighted by atomic mass is 16.5. The van der Waals surface area contributed by atoms with Crippen molar-refractivity contribution in [2.24, 2.45) is 10.4 Å². The topological polar surface area (TPSA) is 51.1 Å². The maximum atomic E-state index is 12.8. The van der Waals surface area contributed by atoms with Gasteiger partial charge < -0.3 is 14.4 Å². The molecule has 0 N–H and O–H groups in total. The highest BCUT2D eigenvalue weighted by molar-refractivity contribution is 6.15. The highest BCUT2D eigenvalue weighted by Crippen LogP contribution is 2.39. The van der Waals surface area contributed by atoms with Crippen LogP contribution in [0.5, 0.6) is 17.2 Å². The summed E-state index contributed by atoms with van der Waals surface area (Å²) in [5.41, 5.74) is 4.80. The van der Waals surface area contributed by atoms with Gasteiger partial charge in [-0.25, -0.2) is 0 Å². The fourth-order valence-corrected chi connectivity index (χ4v) is 4.52. The van der Waals surface area contributed by atoms with Crippen molar-refractivity contribution in [3.05, 3.63) is 89.0 Å². The summed E-state index contributed by atoms with van der Waals surface area (Å²) >= 11 is 0. The molecule has 4 rings (SSSR count). The molecular weight excluding hydrogens is 448 g/mol. The third-order valence-corrected chi connectivity index (χ3v) is 6.77. The summed E-state index contributed by atoms with van der Waals surface area (Å²) in [5.74, 6) is 2.15. The van der Waals surface area contributed by atoms with E-state index in [1.807, 2.05) is 79.4 Å². The molecule has 0 saturated carbocycles. The van der Waals surface area contributed by atoms with E-state index in [2.05, 4.69) is 26.8 Å². The van der Waals surface area contributed by atoms with Crippen molar-refractivity contribution in [3.63, 3.8) is 0 Å². The van der Waals surface area contributed by atoms with E-state index in [1.54, 1.807) is 7.11 Å². The summed E-state index contributed by atoms with van der Waals surface area (Å²) in [6.07, 6.45) is 0.822. The van der Waals surface area contributed by atoms with E-state index in [0.717, 1.165) is 29.0 Å². The normalized spacial score (nSPS) is 15.1. The molecule has 1 amide bonds. The van der Waals surface area contributed by atoms with Crippen molar-refractivity contribution >= 4 is 11.6 Å². The van der Waals surface area contributed by atoms with Crippen LogP contribution in [0.1, 0.15) is 61.7 Å². The lowest BCUT2D eigenvalue weighted by Gasteiger charge is -2.33. The predicted molar refractivity (Wildman–Crippen MR) is 146 cm³/mol. The zero-order valence-electron chi connectivity index (χ0n) is 22.2. The number of amides is 1. The van der Waals surface area contributed by atoms with Gasteiger partial charge in [-0.05, 0) is 67.6 Å². The van der Waals surface area contributed by atoms with E-state index >= 15 is 0 Å². The zero-order chi connectivity index (χ0) is 25.9. The molecule has 36 heavy (non-hydrogen) atoms. The van der Waals surface area contributed by atoms with Gasteiger partial charge in [0, 0.05) is 29.8 Å². The summed E-state index contributed by atoms with van der Waals surface area (Å²) in [6, 6.07) is 21.8. The van der Waals surface area contributed by atoms with E-state index in [0.29, 0.717) is 30.2 Å². The minimum Gasteiger partial charge on any atom is -0.493 e. The van der Waals surface area contributed by atoms with Gasteiger partial charge in [-0.1, -0.05) is 51.1 Å². The second-order valence-corrected chi connectivity index (χ2v) is 10.2. The number of rotatable bonds is 7. The summed E-state index contributed by atoms with van der Waals surface area (Å²) < 4.78 is 11.9. The highest BCUT2D eigenvalue weighted by Gasteiger charge is 2.31. The first-order valence-electron chi connectivity index (χ1n) is 12.7. The first-order chi connectivity index (χ1) is 17.2. The van der Waals surface area contributed by atoms with Crippen molar-refractivity contribution in [1.29, 1.82) is 0 Å². The lowest BCUT2D eigenvalue weighted by atomic mass is 9.79. The Bertz CT molecular complexity index is 1240. The summed E-state index contributed by atoms with van der Waals surface area (Å²) in [4.78, 5) is 19.9. The Morgan fingerprint density at radius 2 is 1.64 bits per heavy atom. The molecule has 1 unspecified atom stereocenters. The van der Waals surface area contributed by atoms with E-state index in [9.17, 15) is 4.79 Å². The third kappa shape index (κ3) is 5.30. The first-order valence-corrected chi connectivity index (χ1v) is 12.7. The van der Waals surface area contributed by atoms with Crippen molar-refractivity contribution in [1.82, 2.24) is 4.90 Å². The average Bonchev–Trinajstić information content (AvgIpc) is 2.88. The molecule has 0 radical (unpaired) electrons. The number of carbonyl (C=O) groups excluding carboxylic acids is 1. The van der Waals surface area contributed by atoms with E-state index in [4.69, 9.17) is 14.5 Å². The Morgan fingerprint density at radius 1 is 0.972 bits per heavy atom. The van der Waals surface area contributed by atoms with Crippen LogP contribution in [0.25, 0.3) is 0 Å². The molecule has 0 spiro atoms. The first kappa shape index (κ1) is 25.5. The van der Waals surface area contributed by atoms with Gasteiger partial charge in [-0.2, -0.15) is 0 Å². The van der Waals surface area contributed by atoms with Crippen LogP contribution in [0.2, 0.25) is 0 Å². The molecule has 1 heterocycles. The Morgan fingerprint density at radius 3 is 2.22 bits per heavy atom. The third-order valence-electron chi connectivity index (χ3n) is 6.77. The van der Waals surface area contributed by atoms with Crippen LogP contribution in [0.3, 0.4) is 0 Å². The number of benzene rings is 3. The van der Waals surface area contributed by atoms with E-state index in [1.165, 1.54) is 5.56 Å². The molecule has 1 atom stereocenters. The quantitative estimate of drug-likeness (QED) is 0.371. The van der Waals surface area contributed by atoms with Crippen LogP contribution >= 0.6 is 0 Å². The number of carbonyl (C=O) groups is 1. The van der Waals surface area contributed by atoms with Gasteiger partial charge in [-0.15, -0.1) is 0 Å². The molecule has 5 heteroatoms. The monoisotopic (exact) mass is 484 g/mol. The SMILES string of the molecule is CCN(CC)C(=O)c1ccc(C2=NC(C(C)(C)C)Cc3cc(OC)c(Oc4ccccc4)cc32)cc1. The fourth-order valence-electron chi connectivity index (χ4n) is 4.52. The molecule has 0 aliphatic carbocycles. The number of nitrogens with zero attached hydrogens (tertiary/aromatic N) is 2. The Balaban J connectivity index is 1.78. The summed E-state index contributed by atoms with van der Waals surface area (Å²) in [7, 11) is 1.67. The number of hydrogen-bond donors (Lipinski definition) is 0. The van der Waals surface area contributed by atoms with Crippen LogP contribution in [-0.4, -0.2) is 42.8 Å². The molecule has 188 valence electrons. The lowest BCUT2D eigenvalue weighted by Crippen LogP contribution is -2.32. The number of fused-ring (bicyclic) bond motifs is 1. The van der Waals surface area contributed by atoms with Gasteiger partial charge >= 0.3 is 0 Å². The second kappa shape index (κ2) is 10.6. The van der Waals surface area contributed by atoms with Crippen LogP contribution in [-0.2, 0) is 6.42 Å². The van der Waals surface area contributed by atoms with Crippen LogP contribution in [0.15, 0.2) is 71.7 Å². The number of aliphatic imine (C=N–C) groups is 1. The van der Waals surface area contributed by atoms with Gasteiger partial charge in [0.15, 0.2) is 11.5 Å². The Hall–Kier alpha value is -3.60. The van der Waals surface area contributed by atoms with Gasteiger partial charge in [0.2, 0.25) is 0 Å².